The summed E-state index contributed by atoms with van der Waals surface area (Å²) < 4.78 is 30.2. The first-order valence-corrected chi connectivity index (χ1v) is 10.1. The number of hydrogen-bond donors (Lipinski definition) is 1. The minimum atomic E-state index is -3.42. The van der Waals surface area contributed by atoms with Gasteiger partial charge >= 0.3 is 5.69 Å². The summed E-state index contributed by atoms with van der Waals surface area (Å²) in [7, 11) is -3.42. The lowest BCUT2D eigenvalue weighted by Gasteiger charge is -2.26. The van der Waals surface area contributed by atoms with Gasteiger partial charge < -0.3 is 9.72 Å². The van der Waals surface area contributed by atoms with E-state index < -0.39 is 26.7 Å². The van der Waals surface area contributed by atoms with Crippen LogP contribution >= 0.6 is 0 Å². The van der Waals surface area contributed by atoms with Gasteiger partial charge in [0.15, 0.2) is 9.84 Å². The van der Waals surface area contributed by atoms with Gasteiger partial charge in [0.2, 0.25) is 0 Å². The molecule has 2 aromatic rings. The predicted octanol–water partition coefficient (Wildman–Crippen LogP) is 1.30. The van der Waals surface area contributed by atoms with Crippen molar-refractivity contribution in [3.63, 3.8) is 0 Å². The summed E-state index contributed by atoms with van der Waals surface area (Å²) in [6.07, 6.45) is 3.40. The second-order valence-electron chi connectivity index (χ2n) is 7.32. The molecule has 136 valence electrons. The highest BCUT2D eigenvalue weighted by Crippen LogP contribution is 2.30. The van der Waals surface area contributed by atoms with E-state index in [1.165, 1.54) is 18.2 Å². The van der Waals surface area contributed by atoms with E-state index in [9.17, 15) is 18.0 Å². The summed E-state index contributed by atoms with van der Waals surface area (Å²) in [5, 5.41) is 0.269. The molecule has 0 amide bonds. The Balaban J connectivity index is 1.99. The van der Waals surface area contributed by atoms with Crippen molar-refractivity contribution in [2.75, 3.05) is 12.9 Å². The number of fused-ring (bicyclic) bond motifs is 1. The number of sulfone groups is 1. The molecule has 0 unspecified atom stereocenters. The minimum Gasteiger partial charge on any atom is -0.373 e. The number of nitrogens with one attached hydrogen (secondary N) is 1. The van der Waals surface area contributed by atoms with Crippen molar-refractivity contribution in [1.29, 1.82) is 0 Å². The molecule has 0 radical (unpaired) electrons. The van der Waals surface area contributed by atoms with Crippen LogP contribution in [0.1, 0.15) is 26.7 Å². The molecule has 0 aliphatic heterocycles. The lowest BCUT2D eigenvalue weighted by atomic mass is 10.1. The number of benzene rings is 1. The lowest BCUT2D eigenvalue weighted by molar-refractivity contribution is -0.0359. The third-order valence-corrected chi connectivity index (χ3v) is 5.44. The molecule has 1 aromatic heterocycles. The Morgan fingerprint density at radius 3 is 2.56 bits per heavy atom. The molecule has 1 aliphatic rings. The molecule has 1 aliphatic carbocycles. The molecule has 1 N–H and O–H groups in total. The SMILES string of the molecule is CC(C)(Cn1c(=O)[nH]c2cc(S(C)(=O)=O)ccc2c1=O)OCC1CC1. The highest BCUT2D eigenvalue weighted by atomic mass is 32.2. The van der Waals surface area contributed by atoms with Crippen LogP contribution in [0.25, 0.3) is 10.9 Å². The van der Waals surface area contributed by atoms with Crippen LogP contribution in [0.2, 0.25) is 0 Å². The molecule has 3 rings (SSSR count). The average molecular weight is 366 g/mol. The second kappa shape index (κ2) is 6.10. The summed E-state index contributed by atoms with van der Waals surface area (Å²) in [4.78, 5) is 27.7. The van der Waals surface area contributed by atoms with Crippen molar-refractivity contribution in [3.8, 4) is 0 Å². The molecule has 0 atom stereocenters. The van der Waals surface area contributed by atoms with Crippen molar-refractivity contribution < 1.29 is 13.2 Å². The summed E-state index contributed by atoms with van der Waals surface area (Å²) in [5.41, 5.74) is -1.47. The molecule has 1 saturated carbocycles. The van der Waals surface area contributed by atoms with Crippen molar-refractivity contribution in [1.82, 2.24) is 9.55 Å². The van der Waals surface area contributed by atoms with Gasteiger partial charge in [-0.25, -0.2) is 13.2 Å². The summed E-state index contributed by atoms with van der Waals surface area (Å²) in [6, 6.07) is 4.11. The second-order valence-corrected chi connectivity index (χ2v) is 9.33. The van der Waals surface area contributed by atoms with E-state index in [0.29, 0.717) is 12.5 Å². The van der Waals surface area contributed by atoms with Crippen LogP contribution in [-0.2, 0) is 21.1 Å². The first-order chi connectivity index (χ1) is 11.6. The van der Waals surface area contributed by atoms with E-state index >= 15 is 0 Å². The molecular formula is C17H22N2O5S. The number of rotatable bonds is 6. The maximum atomic E-state index is 12.7. The molecule has 0 spiro atoms. The number of aromatic nitrogens is 2. The Morgan fingerprint density at radius 2 is 1.96 bits per heavy atom. The predicted molar refractivity (Wildman–Crippen MR) is 94.7 cm³/mol. The van der Waals surface area contributed by atoms with Crippen LogP contribution in [0.5, 0.6) is 0 Å². The molecule has 25 heavy (non-hydrogen) atoms. The number of hydrogen-bond acceptors (Lipinski definition) is 5. The minimum absolute atomic E-state index is 0.0564. The van der Waals surface area contributed by atoms with Gasteiger partial charge in [-0.15, -0.1) is 0 Å². The van der Waals surface area contributed by atoms with E-state index in [-0.39, 0.29) is 22.3 Å². The molecular weight excluding hydrogens is 344 g/mol. The monoisotopic (exact) mass is 366 g/mol. The first kappa shape index (κ1) is 17.9. The number of nitrogens with zero attached hydrogens (tertiary/aromatic N) is 1. The van der Waals surface area contributed by atoms with Crippen LogP contribution in [-0.4, -0.2) is 36.4 Å². The highest BCUT2D eigenvalue weighted by Gasteiger charge is 2.27. The third kappa shape index (κ3) is 4.01. The molecule has 0 saturated heterocycles. The molecule has 8 heteroatoms. The van der Waals surface area contributed by atoms with Crippen molar-refractivity contribution in [2.45, 2.75) is 43.7 Å². The van der Waals surface area contributed by atoms with Gasteiger partial charge in [0.05, 0.1) is 34.6 Å². The maximum Gasteiger partial charge on any atom is 0.328 e. The Kier molecular flexibility index (Phi) is 4.36. The van der Waals surface area contributed by atoms with E-state index in [0.717, 1.165) is 23.7 Å². The van der Waals surface area contributed by atoms with Gasteiger partial charge in [-0.05, 0) is 50.8 Å². The van der Waals surface area contributed by atoms with Gasteiger partial charge in [0, 0.05) is 6.26 Å². The van der Waals surface area contributed by atoms with E-state index in [1.807, 2.05) is 13.8 Å². The highest BCUT2D eigenvalue weighted by molar-refractivity contribution is 7.90. The molecule has 7 nitrogen and oxygen atoms in total. The third-order valence-electron chi connectivity index (χ3n) is 4.33. The van der Waals surface area contributed by atoms with Gasteiger partial charge in [-0.3, -0.25) is 9.36 Å². The van der Waals surface area contributed by atoms with E-state index in [4.69, 9.17) is 4.74 Å². The molecule has 1 heterocycles. The van der Waals surface area contributed by atoms with E-state index in [2.05, 4.69) is 4.98 Å². The van der Waals surface area contributed by atoms with Crippen molar-refractivity contribution in [3.05, 3.63) is 39.0 Å². The zero-order chi connectivity index (χ0) is 18.4. The molecule has 1 aromatic carbocycles. The van der Waals surface area contributed by atoms with Gasteiger partial charge in [0.25, 0.3) is 5.56 Å². The fraction of sp³-hybridized carbons (Fsp3) is 0.529. The topological polar surface area (TPSA) is 98.2 Å². The van der Waals surface area contributed by atoms with E-state index in [1.54, 1.807) is 0 Å². The fourth-order valence-corrected chi connectivity index (χ4v) is 3.31. The Bertz CT molecular complexity index is 1030. The molecule has 0 bridgehead atoms. The Morgan fingerprint density at radius 1 is 1.28 bits per heavy atom. The summed E-state index contributed by atoms with van der Waals surface area (Å²) in [5.74, 6) is 0.584. The summed E-state index contributed by atoms with van der Waals surface area (Å²) >= 11 is 0. The fourth-order valence-electron chi connectivity index (χ4n) is 2.66. The van der Waals surface area contributed by atoms with Gasteiger partial charge in [0.1, 0.15) is 0 Å². The van der Waals surface area contributed by atoms with Crippen LogP contribution in [0, 0.1) is 5.92 Å². The lowest BCUT2D eigenvalue weighted by Crippen LogP contribution is -2.43. The van der Waals surface area contributed by atoms with Crippen LogP contribution in [0.3, 0.4) is 0 Å². The quantitative estimate of drug-likeness (QED) is 0.831. The van der Waals surface area contributed by atoms with Crippen LogP contribution in [0.4, 0.5) is 0 Å². The average Bonchev–Trinajstić information content (AvgIpc) is 3.32. The van der Waals surface area contributed by atoms with Gasteiger partial charge in [-0.1, -0.05) is 0 Å². The smallest absolute Gasteiger partial charge is 0.328 e. The first-order valence-electron chi connectivity index (χ1n) is 8.18. The van der Waals surface area contributed by atoms with Gasteiger partial charge in [-0.2, -0.15) is 0 Å². The maximum absolute atomic E-state index is 12.7. The largest absolute Gasteiger partial charge is 0.373 e. The molecule has 1 fully saturated rings. The zero-order valence-corrected chi connectivity index (χ0v) is 15.4. The zero-order valence-electron chi connectivity index (χ0n) is 14.5. The number of ether oxygens (including phenoxy) is 1. The Labute approximate surface area is 145 Å². The summed E-state index contributed by atoms with van der Waals surface area (Å²) in [6.45, 7) is 4.44. The number of aromatic amines is 1. The number of H-pyrrole nitrogens is 1. The normalized spacial score (nSPS) is 15.6. The Hall–Kier alpha value is -1.93. The van der Waals surface area contributed by atoms with Crippen LogP contribution < -0.4 is 11.2 Å². The van der Waals surface area contributed by atoms with Crippen molar-refractivity contribution in [2.24, 2.45) is 5.92 Å². The van der Waals surface area contributed by atoms with Crippen molar-refractivity contribution >= 4 is 20.7 Å². The standard InChI is InChI=1S/C17H22N2O5S/c1-17(2,24-9-11-4-5-11)10-19-15(20)13-7-6-12(25(3,22)23)8-14(13)18-16(19)21/h6-8,11H,4-5,9-10H2,1-3H3,(H,18,21). The van der Waals surface area contributed by atoms with Crippen LogP contribution in [0.15, 0.2) is 32.7 Å².